The number of aliphatic hydroxyl groups is 1. The fourth-order valence-corrected chi connectivity index (χ4v) is 3.35. The molecule has 1 aliphatic heterocycles. The first kappa shape index (κ1) is 18.6. The van der Waals surface area contributed by atoms with E-state index in [1.807, 2.05) is 0 Å². The van der Waals surface area contributed by atoms with E-state index in [0.717, 1.165) is 0 Å². The van der Waals surface area contributed by atoms with E-state index in [1.165, 1.54) is 6.07 Å². The van der Waals surface area contributed by atoms with Crippen molar-refractivity contribution in [2.45, 2.75) is 36.5 Å². The number of halogens is 1. The summed E-state index contributed by atoms with van der Waals surface area (Å²) in [6.45, 7) is 3.47. The molecule has 26 heavy (non-hydrogen) atoms. The molecule has 2 aromatic carbocycles. The molecule has 0 unspecified atom stereocenters. The van der Waals surface area contributed by atoms with Gasteiger partial charge in [0, 0.05) is 15.5 Å². The maximum absolute atomic E-state index is 12.8. The van der Waals surface area contributed by atoms with Gasteiger partial charge < -0.3 is 15.2 Å². The molecule has 0 aliphatic carbocycles. The number of benzene rings is 2. The summed E-state index contributed by atoms with van der Waals surface area (Å²) in [5.74, 6) is 0.0920. The number of thiol groups is 1. The quantitative estimate of drug-likeness (QED) is 0.687. The van der Waals surface area contributed by atoms with Gasteiger partial charge in [0.15, 0.2) is 0 Å². The van der Waals surface area contributed by atoms with Gasteiger partial charge in [0.05, 0.1) is 23.2 Å². The molecule has 0 saturated heterocycles. The van der Waals surface area contributed by atoms with Gasteiger partial charge in [0.25, 0.3) is 5.91 Å². The van der Waals surface area contributed by atoms with Crippen LogP contribution in [0.3, 0.4) is 0 Å². The van der Waals surface area contributed by atoms with Crippen LogP contribution in [0.25, 0.3) is 0 Å². The highest BCUT2D eigenvalue weighted by Crippen LogP contribution is 2.40. The van der Waals surface area contributed by atoms with Gasteiger partial charge in [-0.25, -0.2) is 0 Å². The number of amides is 1. The Morgan fingerprint density at radius 2 is 2.08 bits per heavy atom. The van der Waals surface area contributed by atoms with Gasteiger partial charge >= 0.3 is 0 Å². The first-order chi connectivity index (χ1) is 12.2. The minimum Gasteiger partial charge on any atom is -0.485 e. The zero-order valence-electron chi connectivity index (χ0n) is 14.2. The predicted molar refractivity (Wildman–Crippen MR) is 101 cm³/mol. The van der Waals surface area contributed by atoms with E-state index in [-0.39, 0.29) is 0 Å². The molecule has 134 valence electrons. The van der Waals surface area contributed by atoms with Crippen LogP contribution in [0.2, 0.25) is 5.02 Å². The minimum absolute atomic E-state index is 0.301. The normalized spacial score (nSPS) is 20.5. The molecule has 2 aromatic rings. The van der Waals surface area contributed by atoms with Crippen LogP contribution in [0, 0.1) is 11.3 Å². The number of hydrogen-bond acceptors (Lipinski definition) is 5. The average molecular weight is 389 g/mol. The molecule has 2 atom stereocenters. The van der Waals surface area contributed by atoms with Crippen molar-refractivity contribution in [1.29, 1.82) is 5.26 Å². The third-order valence-corrected chi connectivity index (χ3v) is 4.99. The Balaban J connectivity index is 2.01. The van der Waals surface area contributed by atoms with Crippen LogP contribution in [0.15, 0.2) is 41.3 Å². The largest absolute Gasteiger partial charge is 0.485 e. The lowest BCUT2D eigenvalue weighted by molar-refractivity contribution is -0.0627. The summed E-state index contributed by atoms with van der Waals surface area (Å²) in [4.78, 5) is 13.2. The van der Waals surface area contributed by atoms with Crippen molar-refractivity contribution in [2.24, 2.45) is 0 Å². The highest BCUT2D eigenvalue weighted by atomic mass is 35.5. The van der Waals surface area contributed by atoms with Gasteiger partial charge in [-0.05, 0) is 50.2 Å². The van der Waals surface area contributed by atoms with E-state index in [9.17, 15) is 9.90 Å². The number of nitrogens with one attached hydrogen (secondary N) is 1. The standard InChI is InChI=1S/C19H17ClN2O3S/c1-19(2)17(23)16(12-7-10(9-21)3-5-14(12)25-19)22-18(24)13-8-11(20)4-6-15(13)26/h3-8,16-17,23,26H,1-2H3,(H,22,24)/t16-,17+/m0/s1. The molecule has 3 rings (SSSR count). The zero-order valence-corrected chi connectivity index (χ0v) is 15.8. The molecule has 1 heterocycles. The lowest BCUT2D eigenvalue weighted by Gasteiger charge is -2.42. The van der Waals surface area contributed by atoms with Gasteiger partial charge in [-0.1, -0.05) is 11.6 Å². The molecule has 0 spiro atoms. The highest BCUT2D eigenvalue weighted by molar-refractivity contribution is 7.80. The number of carbonyl (C=O) groups excluding carboxylic acids is 1. The third-order valence-electron chi connectivity index (χ3n) is 4.36. The van der Waals surface area contributed by atoms with Crippen molar-refractivity contribution in [1.82, 2.24) is 5.32 Å². The summed E-state index contributed by atoms with van der Waals surface area (Å²) in [6.07, 6.45) is -1.02. The third kappa shape index (κ3) is 3.38. The van der Waals surface area contributed by atoms with Crippen LogP contribution >= 0.6 is 24.2 Å². The molecule has 7 heteroatoms. The van der Waals surface area contributed by atoms with Crippen molar-refractivity contribution in [3.05, 3.63) is 58.1 Å². The van der Waals surface area contributed by atoms with Gasteiger partial charge in [-0.3, -0.25) is 4.79 Å². The Bertz CT molecular complexity index is 923. The number of carbonyl (C=O) groups is 1. The van der Waals surface area contributed by atoms with Gasteiger partial charge in [-0.2, -0.15) is 5.26 Å². The zero-order chi connectivity index (χ0) is 19.1. The molecule has 2 N–H and O–H groups in total. The smallest absolute Gasteiger partial charge is 0.253 e. The van der Waals surface area contributed by atoms with Crippen molar-refractivity contribution in [2.75, 3.05) is 0 Å². The first-order valence-corrected chi connectivity index (χ1v) is 8.76. The predicted octanol–water partition coefficient (Wildman–Crippen LogP) is 3.50. The number of ether oxygens (including phenoxy) is 1. The van der Waals surface area contributed by atoms with Crippen LogP contribution < -0.4 is 10.1 Å². The first-order valence-electron chi connectivity index (χ1n) is 7.93. The highest BCUT2D eigenvalue weighted by Gasteiger charge is 2.43. The number of hydrogen-bond donors (Lipinski definition) is 3. The molecule has 1 aliphatic rings. The van der Waals surface area contributed by atoms with Crippen LogP contribution in [-0.2, 0) is 0 Å². The Hall–Kier alpha value is -2.20. The Labute approximate surface area is 162 Å². The van der Waals surface area contributed by atoms with E-state index in [0.29, 0.717) is 32.4 Å². The molecule has 0 radical (unpaired) electrons. The van der Waals surface area contributed by atoms with E-state index in [4.69, 9.17) is 21.6 Å². The van der Waals surface area contributed by atoms with Crippen molar-refractivity contribution < 1.29 is 14.6 Å². The van der Waals surface area contributed by atoms with Gasteiger partial charge in [0.2, 0.25) is 0 Å². The van der Waals surface area contributed by atoms with Crippen LogP contribution in [0.4, 0.5) is 0 Å². The van der Waals surface area contributed by atoms with Crippen molar-refractivity contribution in [3.8, 4) is 11.8 Å². The maximum Gasteiger partial charge on any atom is 0.253 e. The van der Waals surface area contributed by atoms with Crippen molar-refractivity contribution >= 4 is 30.1 Å². The fourth-order valence-electron chi connectivity index (χ4n) is 2.94. The SMILES string of the molecule is CC1(C)Oc2ccc(C#N)cc2[C@H](NC(=O)c2cc(Cl)ccc2S)[C@H]1O. The topological polar surface area (TPSA) is 82.3 Å². The van der Waals surface area contributed by atoms with Crippen LogP contribution in [0.1, 0.15) is 41.4 Å². The average Bonchev–Trinajstić information content (AvgIpc) is 2.60. The molecule has 0 saturated carbocycles. The van der Waals surface area contributed by atoms with Crippen LogP contribution in [0.5, 0.6) is 5.75 Å². The van der Waals surface area contributed by atoms with E-state index in [1.54, 1.807) is 44.2 Å². The molecule has 1 amide bonds. The molecule has 0 fully saturated rings. The second-order valence-corrected chi connectivity index (χ2v) is 7.55. The second-order valence-electron chi connectivity index (χ2n) is 6.63. The number of rotatable bonds is 2. The Kier molecular flexibility index (Phi) is 4.89. The summed E-state index contributed by atoms with van der Waals surface area (Å²) in [7, 11) is 0. The lowest BCUT2D eigenvalue weighted by Crippen LogP contribution is -2.53. The summed E-state index contributed by atoms with van der Waals surface area (Å²) in [5, 5.41) is 23.2. The molecule has 0 bridgehead atoms. The number of fused-ring (bicyclic) bond motifs is 1. The van der Waals surface area contributed by atoms with Crippen molar-refractivity contribution in [3.63, 3.8) is 0 Å². The number of nitrogens with zero attached hydrogens (tertiary/aromatic N) is 1. The maximum atomic E-state index is 12.8. The summed E-state index contributed by atoms with van der Waals surface area (Å²) in [6, 6.07) is 11.0. The molecule has 0 aromatic heterocycles. The van der Waals surface area contributed by atoms with E-state index >= 15 is 0 Å². The molecular formula is C19H17ClN2O3S. The molecule has 5 nitrogen and oxygen atoms in total. The van der Waals surface area contributed by atoms with E-state index < -0.39 is 23.7 Å². The Morgan fingerprint density at radius 1 is 1.35 bits per heavy atom. The lowest BCUT2D eigenvalue weighted by atomic mass is 9.85. The summed E-state index contributed by atoms with van der Waals surface area (Å²) >= 11 is 10.3. The Morgan fingerprint density at radius 3 is 2.77 bits per heavy atom. The minimum atomic E-state index is -1.02. The molecular weight excluding hydrogens is 372 g/mol. The second kappa shape index (κ2) is 6.84. The summed E-state index contributed by atoms with van der Waals surface area (Å²) < 4.78 is 5.84. The monoisotopic (exact) mass is 388 g/mol. The van der Waals surface area contributed by atoms with Gasteiger partial charge in [0.1, 0.15) is 17.5 Å². The summed E-state index contributed by atoms with van der Waals surface area (Å²) in [5.41, 5.74) is 0.343. The van der Waals surface area contributed by atoms with E-state index in [2.05, 4.69) is 24.0 Å². The van der Waals surface area contributed by atoms with Crippen LogP contribution in [-0.4, -0.2) is 22.7 Å². The number of aliphatic hydroxyl groups excluding tert-OH is 1. The van der Waals surface area contributed by atoms with Gasteiger partial charge in [-0.15, -0.1) is 12.6 Å². The number of nitriles is 1. The fraction of sp³-hybridized carbons (Fsp3) is 0.263.